The van der Waals surface area contributed by atoms with Gasteiger partial charge in [0.15, 0.2) is 11.6 Å². The van der Waals surface area contributed by atoms with E-state index in [1.54, 1.807) is 6.07 Å². The first-order valence-corrected chi connectivity index (χ1v) is 5.19. The van der Waals surface area contributed by atoms with Crippen LogP contribution < -0.4 is 10.5 Å². The number of methoxy groups -OCH3 is 1. The van der Waals surface area contributed by atoms with Crippen LogP contribution in [-0.4, -0.2) is 18.2 Å². The Morgan fingerprint density at radius 2 is 2.19 bits per heavy atom. The first kappa shape index (κ1) is 11.0. The number of hydrogen-bond acceptors (Lipinski definition) is 2. The molecule has 0 saturated heterocycles. The van der Waals surface area contributed by atoms with E-state index in [0.29, 0.717) is 6.54 Å². The van der Waals surface area contributed by atoms with E-state index in [0.717, 1.165) is 22.9 Å². The fourth-order valence-electron chi connectivity index (χ4n) is 1.98. The SMILES string of the molecule is COc1cc2c(CCN)cn(C)c2cc1F. The number of fused-ring (bicyclic) bond motifs is 1. The molecule has 0 spiro atoms. The van der Waals surface area contributed by atoms with Gasteiger partial charge in [-0.1, -0.05) is 0 Å². The average molecular weight is 222 g/mol. The van der Waals surface area contributed by atoms with Crippen molar-refractivity contribution in [2.45, 2.75) is 6.42 Å². The Morgan fingerprint density at radius 1 is 1.44 bits per heavy atom. The fraction of sp³-hybridized carbons (Fsp3) is 0.333. The van der Waals surface area contributed by atoms with Gasteiger partial charge in [0.25, 0.3) is 0 Å². The van der Waals surface area contributed by atoms with Gasteiger partial charge < -0.3 is 15.0 Å². The van der Waals surface area contributed by atoms with Crippen molar-refractivity contribution in [2.24, 2.45) is 12.8 Å². The lowest BCUT2D eigenvalue weighted by Crippen LogP contribution is -2.02. The predicted octanol–water partition coefficient (Wildman–Crippen LogP) is 1.83. The Labute approximate surface area is 93.6 Å². The molecule has 1 aromatic carbocycles. The second-order valence-corrected chi connectivity index (χ2v) is 3.81. The lowest BCUT2D eigenvalue weighted by molar-refractivity contribution is 0.387. The molecule has 0 aliphatic rings. The molecule has 0 radical (unpaired) electrons. The van der Waals surface area contributed by atoms with E-state index in [4.69, 9.17) is 10.5 Å². The number of aromatic nitrogens is 1. The molecular formula is C12H15FN2O. The third-order valence-electron chi connectivity index (χ3n) is 2.76. The number of aryl methyl sites for hydroxylation is 1. The van der Waals surface area contributed by atoms with E-state index in [-0.39, 0.29) is 11.6 Å². The molecule has 4 heteroatoms. The Bertz CT molecular complexity index is 519. The first-order chi connectivity index (χ1) is 7.67. The Balaban J connectivity index is 2.67. The van der Waals surface area contributed by atoms with Crippen LogP contribution in [0.2, 0.25) is 0 Å². The third-order valence-corrected chi connectivity index (χ3v) is 2.76. The van der Waals surface area contributed by atoms with Gasteiger partial charge in [-0.25, -0.2) is 4.39 Å². The first-order valence-electron chi connectivity index (χ1n) is 5.19. The van der Waals surface area contributed by atoms with Crippen LogP contribution in [0.15, 0.2) is 18.3 Å². The number of benzene rings is 1. The van der Waals surface area contributed by atoms with Crippen LogP contribution in [0.1, 0.15) is 5.56 Å². The van der Waals surface area contributed by atoms with Gasteiger partial charge >= 0.3 is 0 Å². The van der Waals surface area contributed by atoms with E-state index in [2.05, 4.69) is 0 Å². The number of hydrogen-bond donors (Lipinski definition) is 1. The monoisotopic (exact) mass is 222 g/mol. The molecular weight excluding hydrogens is 207 g/mol. The number of nitrogens with two attached hydrogens (primary N) is 1. The zero-order chi connectivity index (χ0) is 11.7. The highest BCUT2D eigenvalue weighted by Crippen LogP contribution is 2.28. The van der Waals surface area contributed by atoms with Crippen LogP contribution >= 0.6 is 0 Å². The molecule has 86 valence electrons. The van der Waals surface area contributed by atoms with Crippen molar-refractivity contribution in [3.05, 3.63) is 29.7 Å². The molecule has 16 heavy (non-hydrogen) atoms. The molecule has 0 aliphatic heterocycles. The second-order valence-electron chi connectivity index (χ2n) is 3.81. The topological polar surface area (TPSA) is 40.2 Å². The summed E-state index contributed by atoms with van der Waals surface area (Å²) < 4.78 is 20.4. The molecule has 2 N–H and O–H groups in total. The minimum absolute atomic E-state index is 0.275. The summed E-state index contributed by atoms with van der Waals surface area (Å²) in [6.07, 6.45) is 2.77. The van der Waals surface area contributed by atoms with Crippen LogP contribution in [0.25, 0.3) is 10.9 Å². The van der Waals surface area contributed by atoms with E-state index in [9.17, 15) is 4.39 Å². The highest BCUT2D eigenvalue weighted by atomic mass is 19.1. The summed E-state index contributed by atoms with van der Waals surface area (Å²) in [5.41, 5.74) is 7.53. The number of rotatable bonds is 3. The molecule has 0 amide bonds. The summed E-state index contributed by atoms with van der Waals surface area (Å²) in [6.45, 7) is 0.582. The highest BCUT2D eigenvalue weighted by molar-refractivity contribution is 5.85. The van der Waals surface area contributed by atoms with Crippen LogP contribution in [0.5, 0.6) is 5.75 Å². The van der Waals surface area contributed by atoms with Crippen molar-refractivity contribution in [2.75, 3.05) is 13.7 Å². The number of ether oxygens (including phenoxy) is 1. The molecule has 1 aromatic heterocycles. The summed E-state index contributed by atoms with van der Waals surface area (Å²) in [5.74, 6) is -0.0625. The maximum atomic E-state index is 13.5. The Hall–Kier alpha value is -1.55. The maximum Gasteiger partial charge on any atom is 0.167 e. The molecule has 2 aromatic rings. The number of nitrogens with zero attached hydrogens (tertiary/aromatic N) is 1. The van der Waals surface area contributed by atoms with E-state index >= 15 is 0 Å². The molecule has 0 atom stereocenters. The van der Waals surface area contributed by atoms with Crippen LogP contribution in [0.3, 0.4) is 0 Å². The van der Waals surface area contributed by atoms with Gasteiger partial charge in [-0.2, -0.15) is 0 Å². The molecule has 0 bridgehead atoms. The standard InChI is InChI=1S/C12H15FN2O/c1-15-7-8(3-4-14)9-5-12(16-2)10(13)6-11(9)15/h5-7H,3-4,14H2,1-2H3. The fourth-order valence-corrected chi connectivity index (χ4v) is 1.98. The van der Waals surface area contributed by atoms with E-state index in [1.165, 1.54) is 13.2 Å². The van der Waals surface area contributed by atoms with Crippen molar-refractivity contribution < 1.29 is 9.13 Å². The second kappa shape index (κ2) is 4.14. The van der Waals surface area contributed by atoms with Crippen LogP contribution in [0, 0.1) is 5.82 Å². The molecule has 0 aliphatic carbocycles. The lowest BCUT2D eigenvalue weighted by atomic mass is 10.1. The van der Waals surface area contributed by atoms with Crippen LogP contribution in [-0.2, 0) is 13.5 Å². The molecule has 1 heterocycles. The lowest BCUT2D eigenvalue weighted by Gasteiger charge is -2.03. The van der Waals surface area contributed by atoms with Crippen molar-refractivity contribution in [3.63, 3.8) is 0 Å². The minimum atomic E-state index is -0.338. The van der Waals surface area contributed by atoms with Crippen molar-refractivity contribution in [1.82, 2.24) is 4.57 Å². The molecule has 2 rings (SSSR count). The number of halogens is 1. The summed E-state index contributed by atoms with van der Waals surface area (Å²) in [7, 11) is 3.37. The van der Waals surface area contributed by atoms with Crippen molar-refractivity contribution >= 4 is 10.9 Å². The van der Waals surface area contributed by atoms with Gasteiger partial charge in [0, 0.05) is 24.7 Å². The Kier molecular flexibility index (Phi) is 2.83. The zero-order valence-electron chi connectivity index (χ0n) is 9.46. The average Bonchev–Trinajstić information content (AvgIpc) is 2.55. The van der Waals surface area contributed by atoms with Gasteiger partial charge in [-0.3, -0.25) is 0 Å². The normalized spacial score (nSPS) is 11.0. The van der Waals surface area contributed by atoms with E-state index in [1.807, 2.05) is 17.8 Å². The molecule has 0 fully saturated rings. The largest absolute Gasteiger partial charge is 0.494 e. The summed E-state index contributed by atoms with van der Waals surface area (Å²) >= 11 is 0. The van der Waals surface area contributed by atoms with Crippen molar-refractivity contribution in [1.29, 1.82) is 0 Å². The summed E-state index contributed by atoms with van der Waals surface area (Å²) in [6, 6.07) is 3.23. The maximum absolute atomic E-state index is 13.5. The summed E-state index contributed by atoms with van der Waals surface area (Å²) in [5, 5.41) is 1.01. The highest BCUT2D eigenvalue weighted by Gasteiger charge is 2.11. The summed E-state index contributed by atoms with van der Waals surface area (Å²) in [4.78, 5) is 0. The van der Waals surface area contributed by atoms with Gasteiger partial charge in [0.1, 0.15) is 0 Å². The van der Waals surface area contributed by atoms with Crippen LogP contribution in [0.4, 0.5) is 4.39 Å². The smallest absolute Gasteiger partial charge is 0.167 e. The molecule has 3 nitrogen and oxygen atoms in total. The minimum Gasteiger partial charge on any atom is -0.494 e. The quantitative estimate of drug-likeness (QED) is 0.860. The van der Waals surface area contributed by atoms with Crippen molar-refractivity contribution in [3.8, 4) is 5.75 Å². The Morgan fingerprint density at radius 3 is 2.81 bits per heavy atom. The zero-order valence-corrected chi connectivity index (χ0v) is 9.46. The molecule has 0 unspecified atom stereocenters. The van der Waals surface area contributed by atoms with Gasteiger partial charge in [-0.15, -0.1) is 0 Å². The molecule has 0 saturated carbocycles. The van der Waals surface area contributed by atoms with Gasteiger partial charge in [0.05, 0.1) is 12.6 Å². The predicted molar refractivity (Wildman–Crippen MR) is 62.2 cm³/mol. The van der Waals surface area contributed by atoms with Gasteiger partial charge in [-0.05, 0) is 24.6 Å². The van der Waals surface area contributed by atoms with E-state index < -0.39 is 0 Å². The third kappa shape index (κ3) is 1.65. The van der Waals surface area contributed by atoms with Gasteiger partial charge in [0.2, 0.25) is 0 Å².